The van der Waals surface area contributed by atoms with Gasteiger partial charge in [0.2, 0.25) is 20.0 Å². The summed E-state index contributed by atoms with van der Waals surface area (Å²) in [7, 11) is -7.62. The van der Waals surface area contributed by atoms with E-state index in [1.54, 1.807) is 48.5 Å². The third kappa shape index (κ3) is 5.92. The van der Waals surface area contributed by atoms with E-state index in [0.29, 0.717) is 20.9 Å². The maximum Gasteiger partial charge on any atom is 0.266 e. The zero-order chi connectivity index (χ0) is 22.6. The molecule has 0 radical (unpaired) electrons. The van der Waals surface area contributed by atoms with Crippen molar-refractivity contribution in [1.82, 2.24) is 14.4 Å². The fraction of sp³-hybridized carbons (Fsp3) is 0.211. The van der Waals surface area contributed by atoms with Crippen molar-refractivity contribution in [3.8, 4) is 0 Å². The smallest absolute Gasteiger partial charge is 0.266 e. The lowest BCUT2D eigenvalue weighted by atomic mass is 10.2. The number of carbonyl (C=O) groups is 1. The van der Waals surface area contributed by atoms with Crippen LogP contribution in [0, 0.1) is 0 Å². The maximum atomic E-state index is 12.9. The third-order valence-corrected chi connectivity index (χ3v) is 7.79. The first kappa shape index (κ1) is 23.4. The van der Waals surface area contributed by atoms with Crippen LogP contribution >= 0.6 is 15.9 Å². The zero-order valence-electron chi connectivity index (χ0n) is 16.3. The normalized spacial score (nSPS) is 12.3. The van der Waals surface area contributed by atoms with E-state index < -0.39 is 26.0 Å². The number of aromatic amines is 1. The van der Waals surface area contributed by atoms with Crippen LogP contribution in [-0.4, -0.2) is 40.8 Å². The second-order valence-electron chi connectivity index (χ2n) is 6.77. The van der Waals surface area contributed by atoms with Gasteiger partial charge in [0.25, 0.3) is 5.91 Å². The highest BCUT2D eigenvalue weighted by Crippen LogP contribution is 2.29. The minimum absolute atomic E-state index is 0.0327. The second-order valence-corrected chi connectivity index (χ2v) is 11.2. The van der Waals surface area contributed by atoms with Gasteiger partial charge in [0.05, 0.1) is 5.75 Å². The number of amides is 1. The molecule has 31 heavy (non-hydrogen) atoms. The standard InChI is InChI=1S/C19H21BrN4O5S2/c20-14-7-8-16-15(11-14)18(17(24-16)19(21)25)31(28,29)23-10-4-9-22-30(26,27)12-13-5-2-1-3-6-13/h1-3,5-8,11,22-24H,4,9-10,12H2,(H2,21,25). The highest BCUT2D eigenvalue weighted by atomic mass is 79.9. The number of fused-ring (bicyclic) bond motifs is 1. The molecule has 0 spiro atoms. The number of H-pyrrole nitrogens is 1. The monoisotopic (exact) mass is 528 g/mol. The first-order valence-corrected chi connectivity index (χ1v) is 13.1. The molecule has 0 saturated heterocycles. The summed E-state index contributed by atoms with van der Waals surface area (Å²) in [6.07, 6.45) is 0.213. The lowest BCUT2D eigenvalue weighted by Gasteiger charge is -2.09. The molecule has 1 amide bonds. The molecule has 166 valence electrons. The number of hydrogen-bond acceptors (Lipinski definition) is 5. The van der Waals surface area contributed by atoms with Crippen LogP contribution in [0.4, 0.5) is 0 Å². The summed E-state index contributed by atoms with van der Waals surface area (Å²) in [5.74, 6) is -1.06. The van der Waals surface area contributed by atoms with Crippen molar-refractivity contribution in [3.05, 3.63) is 64.3 Å². The van der Waals surface area contributed by atoms with Gasteiger partial charge in [-0.15, -0.1) is 0 Å². The van der Waals surface area contributed by atoms with Gasteiger partial charge in [0.1, 0.15) is 10.6 Å². The second kappa shape index (κ2) is 9.49. The van der Waals surface area contributed by atoms with Crippen molar-refractivity contribution in [2.75, 3.05) is 13.1 Å². The Bertz CT molecular complexity index is 1310. The van der Waals surface area contributed by atoms with Gasteiger partial charge in [-0.25, -0.2) is 26.3 Å². The Labute approximate surface area is 188 Å². The van der Waals surface area contributed by atoms with Gasteiger partial charge >= 0.3 is 0 Å². The van der Waals surface area contributed by atoms with Gasteiger partial charge in [-0.2, -0.15) is 0 Å². The predicted octanol–water partition coefficient (Wildman–Crippen LogP) is 1.82. The van der Waals surface area contributed by atoms with Gasteiger partial charge in [-0.3, -0.25) is 4.79 Å². The molecule has 3 aromatic rings. The Kier molecular flexibility index (Phi) is 7.17. The largest absolute Gasteiger partial charge is 0.364 e. The molecule has 0 aliphatic heterocycles. The molecule has 1 heterocycles. The van der Waals surface area contributed by atoms with E-state index in [2.05, 4.69) is 30.4 Å². The molecule has 0 aliphatic rings. The molecule has 1 aromatic heterocycles. The van der Waals surface area contributed by atoms with Crippen LogP contribution < -0.4 is 15.2 Å². The Hall–Kier alpha value is -2.25. The first-order valence-electron chi connectivity index (χ1n) is 9.21. The van der Waals surface area contributed by atoms with E-state index in [1.807, 2.05) is 0 Å². The van der Waals surface area contributed by atoms with Gasteiger partial charge in [-0.05, 0) is 30.2 Å². The van der Waals surface area contributed by atoms with E-state index in [1.165, 1.54) is 0 Å². The van der Waals surface area contributed by atoms with Crippen LogP contribution in [0.15, 0.2) is 57.9 Å². The van der Waals surface area contributed by atoms with Gasteiger partial charge in [0, 0.05) is 28.5 Å². The molecule has 0 unspecified atom stereocenters. The number of benzene rings is 2. The molecule has 0 atom stereocenters. The number of hydrogen-bond donors (Lipinski definition) is 4. The van der Waals surface area contributed by atoms with Gasteiger partial charge < -0.3 is 10.7 Å². The van der Waals surface area contributed by atoms with Crippen LogP contribution in [0.3, 0.4) is 0 Å². The summed E-state index contributed by atoms with van der Waals surface area (Å²) < 4.78 is 55.5. The summed E-state index contributed by atoms with van der Waals surface area (Å²) in [6, 6.07) is 13.6. The van der Waals surface area contributed by atoms with E-state index in [9.17, 15) is 21.6 Å². The number of rotatable bonds is 10. The van der Waals surface area contributed by atoms with Crippen molar-refractivity contribution in [3.63, 3.8) is 0 Å². The van der Waals surface area contributed by atoms with E-state index in [-0.39, 0.29) is 35.9 Å². The Morgan fingerprint density at radius 3 is 2.35 bits per heavy atom. The Morgan fingerprint density at radius 2 is 1.68 bits per heavy atom. The molecule has 12 heteroatoms. The minimum atomic E-state index is -4.08. The molecule has 0 aliphatic carbocycles. The number of carbonyl (C=O) groups excluding carboxylic acids is 1. The summed E-state index contributed by atoms with van der Waals surface area (Å²) >= 11 is 3.28. The highest BCUT2D eigenvalue weighted by molar-refractivity contribution is 9.10. The fourth-order valence-electron chi connectivity index (χ4n) is 3.03. The van der Waals surface area contributed by atoms with Crippen LogP contribution in [-0.2, 0) is 25.8 Å². The quantitative estimate of drug-likeness (QED) is 0.296. The molecule has 0 saturated carbocycles. The fourth-order valence-corrected chi connectivity index (χ4v) is 6.02. The first-order chi connectivity index (χ1) is 14.6. The Balaban J connectivity index is 1.64. The SMILES string of the molecule is NC(=O)c1[nH]c2ccc(Br)cc2c1S(=O)(=O)NCCCNS(=O)(=O)Cc1ccccc1. The van der Waals surface area contributed by atoms with Crippen molar-refractivity contribution in [2.24, 2.45) is 5.73 Å². The van der Waals surface area contributed by atoms with Crippen LogP contribution in [0.25, 0.3) is 10.9 Å². The average molecular weight is 529 g/mol. The number of sulfonamides is 2. The average Bonchev–Trinajstić information content (AvgIpc) is 3.08. The topological polar surface area (TPSA) is 151 Å². The number of aromatic nitrogens is 1. The highest BCUT2D eigenvalue weighted by Gasteiger charge is 2.27. The minimum Gasteiger partial charge on any atom is -0.364 e. The zero-order valence-corrected chi connectivity index (χ0v) is 19.5. The summed E-state index contributed by atoms with van der Waals surface area (Å²) in [6.45, 7) is 0.0227. The summed E-state index contributed by atoms with van der Waals surface area (Å²) in [5.41, 5.74) is 6.23. The van der Waals surface area contributed by atoms with Crippen molar-refractivity contribution < 1.29 is 21.6 Å². The molecule has 3 rings (SSSR count). The van der Waals surface area contributed by atoms with Crippen LogP contribution in [0.5, 0.6) is 0 Å². The lowest BCUT2D eigenvalue weighted by molar-refractivity contribution is 0.0993. The molecule has 0 fully saturated rings. The molecule has 9 nitrogen and oxygen atoms in total. The molecular formula is C19H21BrN4O5S2. The van der Waals surface area contributed by atoms with Crippen molar-refractivity contribution in [2.45, 2.75) is 17.1 Å². The molecular weight excluding hydrogens is 508 g/mol. The van der Waals surface area contributed by atoms with Crippen molar-refractivity contribution >= 4 is 52.8 Å². The summed E-state index contributed by atoms with van der Waals surface area (Å²) in [5, 5.41) is 0.319. The number of halogens is 1. The van der Waals surface area contributed by atoms with Crippen molar-refractivity contribution in [1.29, 1.82) is 0 Å². The maximum absolute atomic E-state index is 12.9. The van der Waals surface area contributed by atoms with Gasteiger partial charge in [-0.1, -0.05) is 46.3 Å². The lowest BCUT2D eigenvalue weighted by Crippen LogP contribution is -2.31. The Morgan fingerprint density at radius 1 is 1.00 bits per heavy atom. The third-order valence-electron chi connectivity index (χ3n) is 4.40. The van der Waals surface area contributed by atoms with Gasteiger partial charge in [0.15, 0.2) is 0 Å². The van der Waals surface area contributed by atoms with Crippen LogP contribution in [0.2, 0.25) is 0 Å². The van der Waals surface area contributed by atoms with E-state index in [4.69, 9.17) is 5.73 Å². The number of nitrogens with two attached hydrogens (primary N) is 1. The van der Waals surface area contributed by atoms with E-state index >= 15 is 0 Å². The number of primary amides is 1. The summed E-state index contributed by atoms with van der Waals surface area (Å²) in [4.78, 5) is 14.3. The molecule has 2 aromatic carbocycles. The van der Waals surface area contributed by atoms with Crippen LogP contribution in [0.1, 0.15) is 22.5 Å². The number of nitrogens with one attached hydrogen (secondary N) is 3. The molecule has 5 N–H and O–H groups in total. The predicted molar refractivity (Wildman–Crippen MR) is 121 cm³/mol. The molecule has 0 bridgehead atoms. The van der Waals surface area contributed by atoms with E-state index in [0.717, 1.165) is 0 Å².